The average Bonchev–Trinajstić information content (AvgIpc) is 3.12. The Kier molecular flexibility index (Phi) is 4.58. The van der Waals surface area contributed by atoms with Crippen molar-refractivity contribution < 1.29 is 13.2 Å². The topological polar surface area (TPSA) is 15.3 Å². The van der Waals surface area contributed by atoms with Crippen LogP contribution in [0.5, 0.6) is 0 Å². The van der Waals surface area contributed by atoms with Gasteiger partial charge in [0.05, 0.1) is 17.3 Å². The normalized spacial score (nSPS) is 15.8. The second-order valence-electron chi connectivity index (χ2n) is 4.72. The number of benzene rings is 1. The minimum atomic E-state index is -4.13. The van der Waals surface area contributed by atoms with Gasteiger partial charge in [-0.15, -0.1) is 0 Å². The lowest BCUT2D eigenvalue weighted by Gasteiger charge is -2.23. The maximum Gasteiger partial charge on any atom is 0.401 e. The highest BCUT2D eigenvalue weighted by Gasteiger charge is 2.37. The summed E-state index contributed by atoms with van der Waals surface area (Å²) in [4.78, 5) is 1.49. The first-order valence-corrected chi connectivity index (χ1v) is 6.63. The van der Waals surface area contributed by atoms with Crippen molar-refractivity contribution in [2.45, 2.75) is 25.1 Å². The molecule has 1 aliphatic rings. The fourth-order valence-corrected chi connectivity index (χ4v) is 2.20. The Hall–Kier alpha value is -0.940. The molecule has 0 amide bonds. The van der Waals surface area contributed by atoms with Crippen molar-refractivity contribution in [1.29, 1.82) is 0 Å². The Morgan fingerprint density at radius 2 is 1.95 bits per heavy atom. The predicted octanol–water partition coefficient (Wildman–Crippen LogP) is 3.78. The molecule has 1 fully saturated rings. The van der Waals surface area contributed by atoms with E-state index in [1.807, 2.05) is 18.2 Å². The van der Waals surface area contributed by atoms with Gasteiger partial charge in [0.1, 0.15) is 0 Å². The lowest BCUT2D eigenvalue weighted by Crippen LogP contribution is -2.38. The van der Waals surface area contributed by atoms with Gasteiger partial charge in [0.25, 0.3) is 0 Å². The number of nitrogens with zero attached hydrogens (tertiary/aromatic N) is 1. The fraction of sp³-hybridized carbons (Fsp3) is 0.538. The molecule has 2 nitrogen and oxygen atoms in total. The van der Waals surface area contributed by atoms with Crippen LogP contribution in [0.4, 0.5) is 18.9 Å². The van der Waals surface area contributed by atoms with Crippen LogP contribution in [-0.2, 0) is 0 Å². The summed E-state index contributed by atoms with van der Waals surface area (Å²) in [6.45, 7) is -0.00637. The molecule has 0 saturated heterocycles. The molecule has 106 valence electrons. The molecule has 1 aliphatic carbocycles. The number of anilines is 1. The van der Waals surface area contributed by atoms with Gasteiger partial charge in [-0.25, -0.2) is 0 Å². The smallest absolute Gasteiger partial charge is 0.383 e. The first kappa shape index (κ1) is 14.5. The second kappa shape index (κ2) is 6.01. The molecule has 1 N–H and O–H groups in total. The van der Waals surface area contributed by atoms with Crippen molar-refractivity contribution in [3.8, 4) is 0 Å². The van der Waals surface area contributed by atoms with Crippen LogP contribution in [0.3, 0.4) is 0 Å². The molecule has 1 aromatic carbocycles. The molecule has 19 heavy (non-hydrogen) atoms. The van der Waals surface area contributed by atoms with Gasteiger partial charge in [-0.05, 0) is 25.0 Å². The van der Waals surface area contributed by atoms with Crippen molar-refractivity contribution >= 4 is 17.3 Å². The number of rotatable bonds is 6. The molecular weight excluding hydrogens is 277 g/mol. The van der Waals surface area contributed by atoms with Gasteiger partial charge in [0.15, 0.2) is 0 Å². The van der Waals surface area contributed by atoms with Crippen LogP contribution in [0.2, 0.25) is 5.02 Å². The van der Waals surface area contributed by atoms with Crippen molar-refractivity contribution in [1.82, 2.24) is 4.90 Å². The van der Waals surface area contributed by atoms with Gasteiger partial charge >= 0.3 is 6.18 Å². The summed E-state index contributed by atoms with van der Waals surface area (Å²) in [6, 6.07) is 7.30. The van der Waals surface area contributed by atoms with E-state index in [0.717, 1.165) is 18.5 Å². The number of hydrogen-bond acceptors (Lipinski definition) is 2. The summed E-state index contributed by atoms with van der Waals surface area (Å²) in [7, 11) is 0. The molecule has 0 atom stereocenters. The molecule has 1 saturated carbocycles. The number of halogens is 4. The van der Waals surface area contributed by atoms with E-state index in [-0.39, 0.29) is 6.04 Å². The first-order chi connectivity index (χ1) is 8.96. The molecule has 6 heteroatoms. The molecule has 0 heterocycles. The van der Waals surface area contributed by atoms with Crippen LogP contribution >= 0.6 is 11.6 Å². The maximum absolute atomic E-state index is 12.4. The summed E-state index contributed by atoms with van der Waals surface area (Å²) < 4.78 is 37.3. The fourth-order valence-electron chi connectivity index (χ4n) is 2.00. The Labute approximate surface area is 115 Å². The highest BCUT2D eigenvalue weighted by atomic mass is 35.5. The molecular formula is C13H16ClF3N2. The van der Waals surface area contributed by atoms with E-state index < -0.39 is 12.7 Å². The van der Waals surface area contributed by atoms with E-state index in [1.54, 1.807) is 6.07 Å². The van der Waals surface area contributed by atoms with Gasteiger partial charge in [0.2, 0.25) is 0 Å². The number of para-hydroxylation sites is 1. The van der Waals surface area contributed by atoms with E-state index in [9.17, 15) is 13.2 Å². The van der Waals surface area contributed by atoms with Crippen LogP contribution in [0, 0.1) is 0 Å². The highest BCUT2D eigenvalue weighted by molar-refractivity contribution is 6.33. The summed E-state index contributed by atoms with van der Waals surface area (Å²) in [5.74, 6) is 0. The van der Waals surface area contributed by atoms with Crippen LogP contribution in [0.1, 0.15) is 12.8 Å². The van der Waals surface area contributed by atoms with Gasteiger partial charge < -0.3 is 5.32 Å². The van der Waals surface area contributed by atoms with Gasteiger partial charge in [-0.3, -0.25) is 4.90 Å². The van der Waals surface area contributed by atoms with E-state index in [2.05, 4.69) is 5.32 Å². The van der Waals surface area contributed by atoms with E-state index in [4.69, 9.17) is 11.6 Å². The largest absolute Gasteiger partial charge is 0.401 e. The summed E-state index contributed by atoms with van der Waals surface area (Å²) in [5.41, 5.74) is 0.756. The van der Waals surface area contributed by atoms with Gasteiger partial charge in [-0.2, -0.15) is 13.2 Å². The zero-order valence-electron chi connectivity index (χ0n) is 10.4. The third-order valence-corrected chi connectivity index (χ3v) is 3.36. The zero-order chi connectivity index (χ0) is 13.9. The molecule has 1 aromatic rings. The van der Waals surface area contributed by atoms with Gasteiger partial charge in [-0.1, -0.05) is 23.7 Å². The molecule has 0 aliphatic heterocycles. The van der Waals surface area contributed by atoms with Gasteiger partial charge in [0, 0.05) is 19.1 Å². The van der Waals surface area contributed by atoms with Crippen LogP contribution in [0.15, 0.2) is 24.3 Å². The predicted molar refractivity (Wildman–Crippen MR) is 70.6 cm³/mol. The summed E-state index contributed by atoms with van der Waals surface area (Å²) in [5, 5.41) is 3.65. The third-order valence-electron chi connectivity index (χ3n) is 3.03. The molecule has 2 rings (SSSR count). The van der Waals surface area contributed by atoms with Crippen LogP contribution < -0.4 is 5.32 Å². The average molecular weight is 293 g/mol. The Morgan fingerprint density at radius 1 is 1.26 bits per heavy atom. The minimum absolute atomic E-state index is 0.0923. The molecule has 0 aromatic heterocycles. The molecule has 0 bridgehead atoms. The molecule has 0 unspecified atom stereocenters. The first-order valence-electron chi connectivity index (χ1n) is 6.25. The maximum atomic E-state index is 12.4. The van der Waals surface area contributed by atoms with E-state index in [0.29, 0.717) is 18.1 Å². The van der Waals surface area contributed by atoms with Crippen LogP contribution in [0.25, 0.3) is 0 Å². The lowest BCUT2D eigenvalue weighted by molar-refractivity contribution is -0.146. The number of alkyl halides is 3. The Balaban J connectivity index is 1.81. The molecule has 0 radical (unpaired) electrons. The van der Waals surface area contributed by atoms with Crippen molar-refractivity contribution in [2.75, 3.05) is 25.0 Å². The SMILES string of the molecule is FC(F)(F)CN(CCNc1ccccc1Cl)C1CC1. The highest BCUT2D eigenvalue weighted by Crippen LogP contribution is 2.29. The third kappa shape index (κ3) is 4.91. The summed E-state index contributed by atoms with van der Waals surface area (Å²) >= 11 is 5.96. The van der Waals surface area contributed by atoms with Crippen molar-refractivity contribution in [3.63, 3.8) is 0 Å². The number of nitrogens with one attached hydrogen (secondary N) is 1. The minimum Gasteiger partial charge on any atom is -0.383 e. The van der Waals surface area contributed by atoms with E-state index >= 15 is 0 Å². The summed E-state index contributed by atoms with van der Waals surface area (Å²) in [6.07, 6.45) is -2.41. The second-order valence-corrected chi connectivity index (χ2v) is 5.13. The lowest BCUT2D eigenvalue weighted by atomic mass is 10.3. The number of hydrogen-bond donors (Lipinski definition) is 1. The van der Waals surface area contributed by atoms with Crippen LogP contribution in [-0.4, -0.2) is 36.8 Å². The Bertz CT molecular complexity index is 419. The van der Waals surface area contributed by atoms with E-state index in [1.165, 1.54) is 4.90 Å². The monoisotopic (exact) mass is 292 g/mol. The molecule has 0 spiro atoms. The Morgan fingerprint density at radius 3 is 2.53 bits per heavy atom. The van der Waals surface area contributed by atoms with Crippen molar-refractivity contribution in [3.05, 3.63) is 29.3 Å². The van der Waals surface area contributed by atoms with Crippen molar-refractivity contribution in [2.24, 2.45) is 0 Å². The zero-order valence-corrected chi connectivity index (χ0v) is 11.1. The quantitative estimate of drug-likeness (QED) is 0.858. The standard InChI is InChI=1S/C13H16ClF3N2/c14-11-3-1-2-4-12(11)18-7-8-19(10-5-6-10)9-13(15,16)17/h1-4,10,18H,5-9H2.